The highest BCUT2D eigenvalue weighted by Crippen LogP contribution is 2.40. The van der Waals surface area contributed by atoms with Crippen molar-refractivity contribution in [3.63, 3.8) is 0 Å². The molecule has 0 amide bonds. The first-order valence-electron chi connectivity index (χ1n) is 10.8. The zero-order valence-electron chi connectivity index (χ0n) is 17.1. The topological polar surface area (TPSA) is 9.23 Å². The maximum atomic E-state index is 5.74. The third-order valence-corrected chi connectivity index (χ3v) is 5.98. The van der Waals surface area contributed by atoms with Crippen LogP contribution in [0.5, 0.6) is 0 Å². The molecule has 1 fully saturated rings. The second-order valence-electron chi connectivity index (χ2n) is 8.01. The van der Waals surface area contributed by atoms with E-state index in [0.717, 1.165) is 31.8 Å². The van der Waals surface area contributed by atoms with Crippen molar-refractivity contribution in [1.29, 1.82) is 0 Å². The molecule has 2 aromatic carbocycles. The normalized spacial score (nSPS) is 19.3. The molecule has 0 bridgehead atoms. The predicted octanol–water partition coefficient (Wildman–Crippen LogP) is 7.34. The molecule has 1 aliphatic carbocycles. The van der Waals surface area contributed by atoms with E-state index in [4.69, 9.17) is 4.74 Å². The summed E-state index contributed by atoms with van der Waals surface area (Å²) in [5.41, 5.74) is 5.64. The number of unbranched alkanes of at least 4 members (excludes halogenated alkanes) is 1. The van der Waals surface area contributed by atoms with Gasteiger partial charge in [0.1, 0.15) is 0 Å². The first-order chi connectivity index (χ1) is 13.8. The number of allylic oxidation sites excluding steroid dienone is 2. The molecule has 0 unspecified atom stereocenters. The fourth-order valence-corrected chi connectivity index (χ4v) is 4.26. The molecule has 1 heteroatoms. The van der Waals surface area contributed by atoms with Gasteiger partial charge in [-0.05, 0) is 79.0 Å². The van der Waals surface area contributed by atoms with Crippen molar-refractivity contribution in [3.8, 4) is 0 Å². The molecule has 0 saturated heterocycles. The first kappa shape index (κ1) is 20.6. The van der Waals surface area contributed by atoms with Gasteiger partial charge >= 0.3 is 0 Å². The lowest BCUT2D eigenvalue weighted by Gasteiger charge is -2.29. The highest BCUT2D eigenvalue weighted by Gasteiger charge is 2.23. The molecule has 3 rings (SSSR count). The van der Waals surface area contributed by atoms with E-state index in [1.54, 1.807) is 0 Å². The van der Waals surface area contributed by atoms with Gasteiger partial charge in [-0.25, -0.2) is 0 Å². The predicted molar refractivity (Wildman–Crippen MR) is 120 cm³/mol. The molecule has 28 heavy (non-hydrogen) atoms. The summed E-state index contributed by atoms with van der Waals surface area (Å²) >= 11 is 0. The zero-order valence-corrected chi connectivity index (χ0v) is 17.1. The number of ether oxygens (including phenoxy) is 1. The van der Waals surface area contributed by atoms with E-state index in [2.05, 4.69) is 61.7 Å². The van der Waals surface area contributed by atoms with E-state index in [9.17, 15) is 0 Å². The summed E-state index contributed by atoms with van der Waals surface area (Å²) in [7, 11) is 0. The SMILES string of the molecule is C=CCCCOCc1ccc(C2CCC(c3ccc(CC=C)cc3)CC2)cc1. The molecule has 0 spiro atoms. The van der Waals surface area contributed by atoms with Crippen LogP contribution in [0.15, 0.2) is 73.8 Å². The summed E-state index contributed by atoms with van der Waals surface area (Å²) < 4.78 is 5.74. The van der Waals surface area contributed by atoms with Gasteiger partial charge in [-0.15, -0.1) is 13.2 Å². The quantitative estimate of drug-likeness (QED) is 0.312. The molecular formula is C27H34O. The van der Waals surface area contributed by atoms with Crippen LogP contribution in [0.25, 0.3) is 0 Å². The van der Waals surface area contributed by atoms with Crippen molar-refractivity contribution < 1.29 is 4.74 Å². The second kappa shape index (κ2) is 11.0. The van der Waals surface area contributed by atoms with Crippen molar-refractivity contribution in [1.82, 2.24) is 0 Å². The van der Waals surface area contributed by atoms with Crippen LogP contribution in [0.4, 0.5) is 0 Å². The Morgan fingerprint density at radius 3 is 1.79 bits per heavy atom. The lowest BCUT2D eigenvalue weighted by molar-refractivity contribution is 0.119. The first-order valence-corrected chi connectivity index (χ1v) is 10.8. The molecule has 0 aromatic heterocycles. The molecule has 1 aliphatic rings. The van der Waals surface area contributed by atoms with E-state index in [-0.39, 0.29) is 0 Å². The smallest absolute Gasteiger partial charge is 0.0716 e. The summed E-state index contributed by atoms with van der Waals surface area (Å²) in [4.78, 5) is 0. The molecule has 0 radical (unpaired) electrons. The number of benzene rings is 2. The van der Waals surface area contributed by atoms with E-state index >= 15 is 0 Å². The van der Waals surface area contributed by atoms with E-state index in [1.165, 1.54) is 47.9 Å². The summed E-state index contributed by atoms with van der Waals surface area (Å²) in [6.07, 6.45) is 12.1. The Morgan fingerprint density at radius 2 is 1.29 bits per heavy atom. The van der Waals surface area contributed by atoms with E-state index in [1.807, 2.05) is 12.2 Å². The van der Waals surface area contributed by atoms with Crippen LogP contribution in [-0.4, -0.2) is 6.61 Å². The maximum absolute atomic E-state index is 5.74. The molecule has 0 heterocycles. The lowest BCUT2D eigenvalue weighted by Crippen LogP contribution is -2.12. The van der Waals surface area contributed by atoms with Crippen LogP contribution >= 0.6 is 0 Å². The standard InChI is InChI=1S/C27H34O/c1-3-5-6-20-28-21-23-10-14-25(15-11-23)27-18-16-26(17-19-27)24-12-8-22(7-4-2)9-13-24/h3-4,8-15,26-27H,1-2,5-7,16-21H2. The third kappa shape index (κ3) is 5.94. The molecule has 2 aromatic rings. The van der Waals surface area contributed by atoms with Gasteiger partial charge in [-0.2, -0.15) is 0 Å². The van der Waals surface area contributed by atoms with Gasteiger partial charge < -0.3 is 4.74 Å². The van der Waals surface area contributed by atoms with Crippen molar-refractivity contribution in [3.05, 3.63) is 96.1 Å². The van der Waals surface area contributed by atoms with Crippen molar-refractivity contribution >= 4 is 0 Å². The molecule has 1 nitrogen and oxygen atoms in total. The minimum absolute atomic E-state index is 0.707. The summed E-state index contributed by atoms with van der Waals surface area (Å²) in [6, 6.07) is 18.3. The highest BCUT2D eigenvalue weighted by molar-refractivity contribution is 5.29. The van der Waals surface area contributed by atoms with Gasteiger partial charge in [0.2, 0.25) is 0 Å². The molecule has 0 N–H and O–H groups in total. The second-order valence-corrected chi connectivity index (χ2v) is 8.01. The minimum Gasteiger partial charge on any atom is -0.377 e. The number of hydrogen-bond donors (Lipinski definition) is 0. The molecule has 0 aliphatic heterocycles. The Kier molecular flexibility index (Phi) is 8.11. The fourth-order valence-electron chi connectivity index (χ4n) is 4.26. The van der Waals surface area contributed by atoms with Crippen molar-refractivity contribution in [2.75, 3.05) is 6.61 Å². The summed E-state index contributed by atoms with van der Waals surface area (Å²) in [5, 5.41) is 0. The van der Waals surface area contributed by atoms with Crippen LogP contribution in [0.3, 0.4) is 0 Å². The summed E-state index contributed by atoms with van der Waals surface area (Å²) in [6.45, 7) is 9.10. The van der Waals surface area contributed by atoms with Gasteiger partial charge in [0.25, 0.3) is 0 Å². The minimum atomic E-state index is 0.707. The van der Waals surface area contributed by atoms with Gasteiger partial charge in [-0.1, -0.05) is 60.7 Å². The largest absolute Gasteiger partial charge is 0.377 e. The Labute approximate surface area is 171 Å². The molecule has 1 saturated carbocycles. The van der Waals surface area contributed by atoms with Crippen LogP contribution in [0.2, 0.25) is 0 Å². The van der Waals surface area contributed by atoms with Crippen LogP contribution in [-0.2, 0) is 17.8 Å². The summed E-state index contributed by atoms with van der Waals surface area (Å²) in [5.74, 6) is 1.43. The highest BCUT2D eigenvalue weighted by atomic mass is 16.5. The van der Waals surface area contributed by atoms with E-state index in [0.29, 0.717) is 12.5 Å². The van der Waals surface area contributed by atoms with Gasteiger partial charge in [0, 0.05) is 6.61 Å². The Bertz CT molecular complexity index is 718. The average Bonchev–Trinajstić information content (AvgIpc) is 2.75. The van der Waals surface area contributed by atoms with E-state index < -0.39 is 0 Å². The van der Waals surface area contributed by atoms with Crippen LogP contribution in [0.1, 0.15) is 72.6 Å². The zero-order chi connectivity index (χ0) is 19.6. The van der Waals surface area contributed by atoms with Crippen molar-refractivity contribution in [2.45, 2.75) is 63.4 Å². The Balaban J connectivity index is 1.46. The molecule has 0 atom stereocenters. The lowest BCUT2D eigenvalue weighted by atomic mass is 9.76. The average molecular weight is 375 g/mol. The third-order valence-electron chi connectivity index (χ3n) is 5.98. The molecular weight excluding hydrogens is 340 g/mol. The number of rotatable bonds is 10. The van der Waals surface area contributed by atoms with Crippen LogP contribution in [0, 0.1) is 0 Å². The Morgan fingerprint density at radius 1 is 0.750 bits per heavy atom. The van der Waals surface area contributed by atoms with Gasteiger partial charge in [-0.3, -0.25) is 0 Å². The monoisotopic (exact) mass is 374 g/mol. The van der Waals surface area contributed by atoms with Crippen molar-refractivity contribution in [2.24, 2.45) is 0 Å². The van der Waals surface area contributed by atoms with Crippen LogP contribution < -0.4 is 0 Å². The Hall–Kier alpha value is -2.12. The van der Waals surface area contributed by atoms with Gasteiger partial charge in [0.05, 0.1) is 6.61 Å². The fraction of sp³-hybridized carbons (Fsp3) is 0.407. The molecule has 148 valence electrons. The number of hydrogen-bond acceptors (Lipinski definition) is 1. The van der Waals surface area contributed by atoms with Gasteiger partial charge in [0.15, 0.2) is 0 Å². The maximum Gasteiger partial charge on any atom is 0.0716 e.